The standard InChI is InChI=1S/C16H17NO2S/c1-2-12-6-5-7-13(10-12)17-16(19)11-20-15-9-4-3-8-14(15)18/h3-10,18H,2,11H2,1H3,(H,17,19). The highest BCUT2D eigenvalue weighted by molar-refractivity contribution is 8.00. The number of aryl methyl sites for hydroxylation is 1. The molecular formula is C16H17NO2S. The Morgan fingerprint density at radius 2 is 2.00 bits per heavy atom. The van der Waals surface area contributed by atoms with Crippen LogP contribution in [-0.2, 0) is 11.2 Å². The van der Waals surface area contributed by atoms with E-state index in [0.717, 1.165) is 12.1 Å². The maximum atomic E-state index is 11.9. The molecule has 3 nitrogen and oxygen atoms in total. The van der Waals surface area contributed by atoms with Crippen LogP contribution in [0.4, 0.5) is 5.69 Å². The molecule has 2 aromatic carbocycles. The molecule has 0 heterocycles. The maximum absolute atomic E-state index is 11.9. The molecule has 104 valence electrons. The van der Waals surface area contributed by atoms with Crippen molar-refractivity contribution < 1.29 is 9.90 Å². The fourth-order valence-corrected chi connectivity index (χ4v) is 2.54. The minimum Gasteiger partial charge on any atom is -0.507 e. The SMILES string of the molecule is CCc1cccc(NC(=O)CSc2ccccc2O)c1. The van der Waals surface area contributed by atoms with Gasteiger partial charge in [0, 0.05) is 10.6 Å². The molecule has 2 aromatic rings. The van der Waals surface area contributed by atoms with Crippen LogP contribution in [0.15, 0.2) is 53.4 Å². The molecule has 1 amide bonds. The van der Waals surface area contributed by atoms with Crippen molar-refractivity contribution in [2.45, 2.75) is 18.2 Å². The Hall–Kier alpha value is -1.94. The lowest BCUT2D eigenvalue weighted by Crippen LogP contribution is -2.14. The number of phenolic OH excluding ortho intramolecular Hbond substituents is 1. The van der Waals surface area contributed by atoms with Crippen LogP contribution in [0.1, 0.15) is 12.5 Å². The van der Waals surface area contributed by atoms with Gasteiger partial charge in [0.05, 0.1) is 5.75 Å². The number of anilines is 1. The first-order valence-corrected chi connectivity index (χ1v) is 7.47. The fourth-order valence-electron chi connectivity index (χ4n) is 1.79. The van der Waals surface area contributed by atoms with Gasteiger partial charge in [-0.05, 0) is 36.2 Å². The number of thioether (sulfide) groups is 1. The molecule has 0 aliphatic rings. The predicted molar refractivity (Wildman–Crippen MR) is 83.3 cm³/mol. The van der Waals surface area contributed by atoms with Gasteiger partial charge < -0.3 is 10.4 Å². The van der Waals surface area contributed by atoms with Crippen LogP contribution < -0.4 is 5.32 Å². The summed E-state index contributed by atoms with van der Waals surface area (Å²) < 4.78 is 0. The number of para-hydroxylation sites is 1. The lowest BCUT2D eigenvalue weighted by atomic mass is 10.1. The number of hydrogen-bond acceptors (Lipinski definition) is 3. The molecule has 0 atom stereocenters. The number of phenols is 1. The van der Waals surface area contributed by atoms with Gasteiger partial charge in [0.25, 0.3) is 0 Å². The van der Waals surface area contributed by atoms with Crippen LogP contribution in [0, 0.1) is 0 Å². The molecule has 0 unspecified atom stereocenters. The first kappa shape index (κ1) is 14.5. The Bertz CT molecular complexity index is 599. The van der Waals surface area contributed by atoms with E-state index in [4.69, 9.17) is 0 Å². The minimum absolute atomic E-state index is 0.0773. The van der Waals surface area contributed by atoms with Crippen LogP contribution >= 0.6 is 11.8 Å². The lowest BCUT2D eigenvalue weighted by molar-refractivity contribution is -0.113. The highest BCUT2D eigenvalue weighted by Crippen LogP contribution is 2.27. The zero-order valence-electron chi connectivity index (χ0n) is 11.3. The second-order valence-corrected chi connectivity index (χ2v) is 5.38. The summed E-state index contributed by atoms with van der Waals surface area (Å²) in [4.78, 5) is 12.6. The predicted octanol–water partition coefficient (Wildman–Crippen LogP) is 3.69. The largest absolute Gasteiger partial charge is 0.507 e. The van der Waals surface area contributed by atoms with Crippen LogP contribution in [0.25, 0.3) is 0 Å². The zero-order chi connectivity index (χ0) is 14.4. The van der Waals surface area contributed by atoms with E-state index in [1.165, 1.54) is 17.3 Å². The lowest BCUT2D eigenvalue weighted by Gasteiger charge is -2.07. The Labute approximate surface area is 123 Å². The van der Waals surface area contributed by atoms with Gasteiger partial charge in [0.15, 0.2) is 0 Å². The molecule has 0 bridgehead atoms. The van der Waals surface area contributed by atoms with E-state index < -0.39 is 0 Å². The summed E-state index contributed by atoms with van der Waals surface area (Å²) in [5, 5.41) is 12.5. The summed E-state index contributed by atoms with van der Waals surface area (Å²) in [6.45, 7) is 2.08. The first-order chi connectivity index (χ1) is 9.69. The second-order valence-electron chi connectivity index (χ2n) is 4.36. The molecule has 0 spiro atoms. The Kier molecular flexibility index (Phi) is 5.07. The Morgan fingerprint density at radius 3 is 2.75 bits per heavy atom. The smallest absolute Gasteiger partial charge is 0.234 e. The maximum Gasteiger partial charge on any atom is 0.234 e. The van der Waals surface area contributed by atoms with E-state index in [9.17, 15) is 9.90 Å². The second kappa shape index (κ2) is 7.01. The van der Waals surface area contributed by atoms with Crippen molar-refractivity contribution in [1.29, 1.82) is 0 Å². The zero-order valence-corrected chi connectivity index (χ0v) is 12.1. The van der Waals surface area contributed by atoms with Crippen LogP contribution in [-0.4, -0.2) is 16.8 Å². The quantitative estimate of drug-likeness (QED) is 0.825. The fraction of sp³-hybridized carbons (Fsp3) is 0.188. The first-order valence-electron chi connectivity index (χ1n) is 6.48. The van der Waals surface area contributed by atoms with Crippen LogP contribution in [0.3, 0.4) is 0 Å². The number of carbonyl (C=O) groups is 1. The Balaban J connectivity index is 1.91. The van der Waals surface area contributed by atoms with Crippen molar-refractivity contribution >= 4 is 23.4 Å². The third-order valence-electron chi connectivity index (χ3n) is 2.84. The van der Waals surface area contributed by atoms with E-state index in [0.29, 0.717) is 4.90 Å². The average molecular weight is 287 g/mol. The molecule has 2 N–H and O–H groups in total. The summed E-state index contributed by atoms with van der Waals surface area (Å²) in [5.74, 6) is 0.401. The molecule has 0 saturated heterocycles. The van der Waals surface area contributed by atoms with Gasteiger partial charge in [-0.3, -0.25) is 4.79 Å². The Morgan fingerprint density at radius 1 is 1.20 bits per heavy atom. The normalized spacial score (nSPS) is 10.2. The van der Waals surface area contributed by atoms with Gasteiger partial charge in [-0.15, -0.1) is 11.8 Å². The highest BCUT2D eigenvalue weighted by Gasteiger charge is 2.06. The summed E-state index contributed by atoms with van der Waals surface area (Å²) in [6, 6.07) is 14.8. The molecule has 20 heavy (non-hydrogen) atoms. The van der Waals surface area contributed by atoms with Crippen molar-refractivity contribution in [3.8, 4) is 5.75 Å². The molecule has 0 aliphatic heterocycles. The number of carbonyl (C=O) groups excluding carboxylic acids is 1. The minimum atomic E-state index is -0.0773. The molecule has 0 saturated carbocycles. The monoisotopic (exact) mass is 287 g/mol. The summed E-state index contributed by atoms with van der Waals surface area (Å²) in [6.07, 6.45) is 0.941. The summed E-state index contributed by atoms with van der Waals surface area (Å²) in [7, 11) is 0. The van der Waals surface area contributed by atoms with Crippen molar-refractivity contribution in [2.75, 3.05) is 11.1 Å². The van der Waals surface area contributed by atoms with Crippen LogP contribution in [0.5, 0.6) is 5.75 Å². The number of hydrogen-bond donors (Lipinski definition) is 2. The van der Waals surface area contributed by atoms with E-state index >= 15 is 0 Å². The molecule has 2 rings (SSSR count). The average Bonchev–Trinajstić information content (AvgIpc) is 2.46. The van der Waals surface area contributed by atoms with Crippen molar-refractivity contribution in [2.24, 2.45) is 0 Å². The number of benzene rings is 2. The molecule has 0 radical (unpaired) electrons. The van der Waals surface area contributed by atoms with Gasteiger partial charge in [-0.2, -0.15) is 0 Å². The molecule has 0 aliphatic carbocycles. The summed E-state index contributed by atoms with van der Waals surface area (Å²) >= 11 is 1.32. The molecule has 0 fully saturated rings. The number of nitrogens with one attached hydrogen (secondary N) is 1. The molecular weight excluding hydrogens is 270 g/mol. The van der Waals surface area contributed by atoms with Gasteiger partial charge in [-0.1, -0.05) is 31.2 Å². The third kappa shape index (κ3) is 4.03. The third-order valence-corrected chi connectivity index (χ3v) is 3.91. The number of aromatic hydroxyl groups is 1. The van der Waals surface area contributed by atoms with Crippen LogP contribution in [0.2, 0.25) is 0 Å². The van der Waals surface area contributed by atoms with E-state index in [1.807, 2.05) is 30.3 Å². The van der Waals surface area contributed by atoms with Gasteiger partial charge >= 0.3 is 0 Å². The van der Waals surface area contributed by atoms with E-state index in [-0.39, 0.29) is 17.4 Å². The molecule has 0 aromatic heterocycles. The van der Waals surface area contributed by atoms with Gasteiger partial charge in [-0.25, -0.2) is 0 Å². The van der Waals surface area contributed by atoms with Crippen molar-refractivity contribution in [3.63, 3.8) is 0 Å². The van der Waals surface area contributed by atoms with Crippen molar-refractivity contribution in [3.05, 3.63) is 54.1 Å². The van der Waals surface area contributed by atoms with E-state index in [1.54, 1.807) is 18.2 Å². The number of amides is 1. The van der Waals surface area contributed by atoms with Gasteiger partial charge in [0.1, 0.15) is 5.75 Å². The summed E-state index contributed by atoms with van der Waals surface area (Å²) in [5.41, 5.74) is 2.00. The van der Waals surface area contributed by atoms with Gasteiger partial charge in [0.2, 0.25) is 5.91 Å². The van der Waals surface area contributed by atoms with Crippen molar-refractivity contribution in [1.82, 2.24) is 0 Å². The van der Waals surface area contributed by atoms with E-state index in [2.05, 4.69) is 12.2 Å². The topological polar surface area (TPSA) is 49.3 Å². The highest BCUT2D eigenvalue weighted by atomic mass is 32.2. The molecule has 4 heteroatoms. The number of rotatable bonds is 5.